The number of thiophene rings is 2. The van der Waals surface area contributed by atoms with Gasteiger partial charge in [-0.1, -0.05) is 42.1 Å². The number of nitriles is 1. The summed E-state index contributed by atoms with van der Waals surface area (Å²) >= 11 is 4.37. The highest BCUT2D eigenvalue weighted by molar-refractivity contribution is 8.00. The van der Waals surface area contributed by atoms with E-state index < -0.39 is 0 Å². The van der Waals surface area contributed by atoms with Gasteiger partial charge in [0.2, 0.25) is 5.91 Å². The van der Waals surface area contributed by atoms with Crippen molar-refractivity contribution < 1.29 is 4.79 Å². The summed E-state index contributed by atoms with van der Waals surface area (Å²) in [7, 11) is 0. The van der Waals surface area contributed by atoms with E-state index in [0.29, 0.717) is 16.4 Å². The van der Waals surface area contributed by atoms with Gasteiger partial charge < -0.3 is 5.32 Å². The van der Waals surface area contributed by atoms with Gasteiger partial charge in [0.1, 0.15) is 26.8 Å². The lowest BCUT2D eigenvalue weighted by atomic mass is 10.2. The van der Waals surface area contributed by atoms with E-state index in [9.17, 15) is 4.79 Å². The molecular formula is C21H16N4OS3. The van der Waals surface area contributed by atoms with Gasteiger partial charge in [-0.25, -0.2) is 9.97 Å². The van der Waals surface area contributed by atoms with E-state index >= 15 is 0 Å². The Labute approximate surface area is 180 Å². The van der Waals surface area contributed by atoms with Gasteiger partial charge in [0, 0.05) is 10.3 Å². The van der Waals surface area contributed by atoms with E-state index in [4.69, 9.17) is 5.26 Å². The number of hydrogen-bond donors (Lipinski definition) is 1. The minimum atomic E-state index is -0.374. The second kappa shape index (κ2) is 8.33. The van der Waals surface area contributed by atoms with Crippen LogP contribution in [0.1, 0.15) is 18.3 Å². The highest BCUT2D eigenvalue weighted by atomic mass is 32.2. The Bertz CT molecular complexity index is 1220. The predicted molar refractivity (Wildman–Crippen MR) is 121 cm³/mol. The average molecular weight is 437 g/mol. The molecule has 0 radical (unpaired) electrons. The fourth-order valence-electron chi connectivity index (χ4n) is 2.76. The molecule has 4 rings (SSSR count). The summed E-state index contributed by atoms with van der Waals surface area (Å²) in [6, 6.07) is 16.0. The number of anilines is 1. The molecule has 0 aliphatic heterocycles. The monoisotopic (exact) mass is 436 g/mol. The molecule has 0 saturated heterocycles. The molecule has 3 aromatic heterocycles. The number of thioether (sulfide) groups is 1. The number of aromatic nitrogens is 2. The van der Waals surface area contributed by atoms with Crippen LogP contribution in [0.5, 0.6) is 0 Å². The SMILES string of the molecule is Cc1nc(SC(C)C(=O)Nc2sccc2C#N)c2cc(-c3ccccc3)sc2n1. The molecule has 4 aromatic rings. The number of nitrogens with zero attached hydrogens (tertiary/aromatic N) is 3. The Kier molecular flexibility index (Phi) is 5.62. The van der Waals surface area contributed by atoms with Crippen LogP contribution in [-0.4, -0.2) is 21.1 Å². The third-order valence-corrected chi connectivity index (χ3v) is 7.22. The Morgan fingerprint density at radius 1 is 1.24 bits per heavy atom. The van der Waals surface area contributed by atoms with Gasteiger partial charge in [-0.15, -0.1) is 22.7 Å². The number of fused-ring (bicyclic) bond motifs is 1. The predicted octanol–water partition coefficient (Wildman–Crippen LogP) is 5.72. The number of nitrogens with one attached hydrogen (secondary N) is 1. The van der Waals surface area contributed by atoms with Gasteiger partial charge in [-0.05, 0) is 36.9 Å². The van der Waals surface area contributed by atoms with Gasteiger partial charge in [0.05, 0.1) is 10.8 Å². The average Bonchev–Trinajstić information content (AvgIpc) is 3.35. The molecule has 1 N–H and O–H groups in total. The van der Waals surface area contributed by atoms with Crippen molar-refractivity contribution in [2.45, 2.75) is 24.1 Å². The zero-order valence-corrected chi connectivity index (χ0v) is 18.1. The van der Waals surface area contributed by atoms with Gasteiger partial charge in [0.15, 0.2) is 0 Å². The molecule has 29 heavy (non-hydrogen) atoms. The van der Waals surface area contributed by atoms with E-state index in [-0.39, 0.29) is 11.2 Å². The maximum absolute atomic E-state index is 12.7. The lowest BCUT2D eigenvalue weighted by molar-refractivity contribution is -0.115. The minimum Gasteiger partial charge on any atom is -0.316 e. The highest BCUT2D eigenvalue weighted by Gasteiger charge is 2.20. The molecule has 0 aliphatic rings. The minimum absolute atomic E-state index is 0.156. The number of benzene rings is 1. The molecule has 144 valence electrons. The molecular weight excluding hydrogens is 420 g/mol. The van der Waals surface area contributed by atoms with Crippen LogP contribution >= 0.6 is 34.4 Å². The largest absolute Gasteiger partial charge is 0.316 e. The van der Waals surface area contributed by atoms with Gasteiger partial charge in [-0.3, -0.25) is 4.79 Å². The van der Waals surface area contributed by atoms with Crippen molar-refractivity contribution in [1.29, 1.82) is 5.26 Å². The van der Waals surface area contributed by atoms with Crippen molar-refractivity contribution >= 4 is 55.6 Å². The maximum atomic E-state index is 12.7. The molecule has 0 aliphatic carbocycles. The van der Waals surface area contributed by atoms with Crippen LogP contribution in [0.4, 0.5) is 5.00 Å². The first-order chi connectivity index (χ1) is 14.0. The summed E-state index contributed by atoms with van der Waals surface area (Å²) in [5, 5.41) is 15.7. The molecule has 1 aromatic carbocycles. The van der Waals surface area contributed by atoms with Crippen LogP contribution in [0.15, 0.2) is 52.9 Å². The van der Waals surface area contributed by atoms with Crippen LogP contribution in [0.2, 0.25) is 0 Å². The number of carbonyl (C=O) groups excluding carboxylic acids is 1. The summed E-state index contributed by atoms with van der Waals surface area (Å²) < 4.78 is 0. The molecule has 5 nitrogen and oxygen atoms in total. The van der Waals surface area contributed by atoms with Crippen molar-refractivity contribution in [2.24, 2.45) is 0 Å². The first kappa shape index (κ1) is 19.6. The van der Waals surface area contributed by atoms with Crippen LogP contribution in [0, 0.1) is 18.3 Å². The summed E-state index contributed by atoms with van der Waals surface area (Å²) in [5.41, 5.74) is 1.61. The molecule has 3 heterocycles. The number of amides is 1. The molecule has 0 fully saturated rings. The summed E-state index contributed by atoms with van der Waals surface area (Å²) in [6.45, 7) is 3.70. The van der Waals surface area contributed by atoms with Crippen LogP contribution in [-0.2, 0) is 4.79 Å². The second-order valence-electron chi connectivity index (χ2n) is 6.30. The second-order valence-corrected chi connectivity index (χ2v) is 9.57. The van der Waals surface area contributed by atoms with Crippen LogP contribution in [0.25, 0.3) is 20.7 Å². The standard InChI is InChI=1S/C21H16N4OS3/c1-12(18(26)25-19-15(11-22)8-9-27-19)28-20-16-10-17(14-6-4-3-5-7-14)29-21(16)24-13(2)23-20/h3-10,12H,1-2H3,(H,25,26). The smallest absolute Gasteiger partial charge is 0.238 e. The third kappa shape index (κ3) is 4.17. The van der Waals surface area contributed by atoms with E-state index in [2.05, 4.69) is 39.6 Å². The molecule has 0 saturated carbocycles. The number of rotatable bonds is 5. The number of aryl methyl sites for hydroxylation is 1. The van der Waals surface area contributed by atoms with Gasteiger partial charge in [0.25, 0.3) is 0 Å². The third-order valence-electron chi connectivity index (χ3n) is 4.21. The van der Waals surface area contributed by atoms with Crippen molar-refractivity contribution in [3.05, 3.63) is 59.2 Å². The number of carbonyl (C=O) groups is 1. The summed E-state index contributed by atoms with van der Waals surface area (Å²) in [5.74, 6) is 0.524. The molecule has 0 bridgehead atoms. The quantitative estimate of drug-likeness (QED) is 0.320. The van der Waals surface area contributed by atoms with Crippen LogP contribution < -0.4 is 5.32 Å². The fourth-order valence-corrected chi connectivity index (χ4v) is 5.62. The Morgan fingerprint density at radius 3 is 2.79 bits per heavy atom. The van der Waals surface area contributed by atoms with Crippen molar-refractivity contribution in [3.63, 3.8) is 0 Å². The van der Waals surface area contributed by atoms with Gasteiger partial charge in [-0.2, -0.15) is 5.26 Å². The molecule has 1 atom stereocenters. The zero-order valence-electron chi connectivity index (χ0n) is 15.7. The molecule has 0 spiro atoms. The van der Waals surface area contributed by atoms with Crippen molar-refractivity contribution in [3.8, 4) is 16.5 Å². The van der Waals surface area contributed by atoms with E-state index in [1.807, 2.05) is 32.0 Å². The summed E-state index contributed by atoms with van der Waals surface area (Å²) in [6.07, 6.45) is 0. The normalized spacial score (nSPS) is 11.9. The Morgan fingerprint density at radius 2 is 2.03 bits per heavy atom. The van der Waals surface area contributed by atoms with Gasteiger partial charge >= 0.3 is 0 Å². The highest BCUT2D eigenvalue weighted by Crippen LogP contribution is 2.38. The maximum Gasteiger partial charge on any atom is 0.238 e. The summed E-state index contributed by atoms with van der Waals surface area (Å²) in [4.78, 5) is 23.9. The molecule has 1 amide bonds. The van der Waals surface area contributed by atoms with Crippen molar-refractivity contribution in [1.82, 2.24) is 9.97 Å². The molecule has 1 unspecified atom stereocenters. The number of hydrogen-bond acceptors (Lipinski definition) is 7. The van der Waals surface area contributed by atoms with E-state index in [1.54, 1.807) is 22.8 Å². The Balaban J connectivity index is 1.61. The lowest BCUT2D eigenvalue weighted by Crippen LogP contribution is -2.22. The lowest BCUT2D eigenvalue weighted by Gasteiger charge is -2.11. The topological polar surface area (TPSA) is 78.7 Å². The molecule has 8 heteroatoms. The fraction of sp³-hybridized carbons (Fsp3) is 0.143. The zero-order chi connectivity index (χ0) is 20.4. The van der Waals surface area contributed by atoms with Crippen LogP contribution in [0.3, 0.4) is 0 Å². The van der Waals surface area contributed by atoms with Crippen molar-refractivity contribution in [2.75, 3.05) is 5.32 Å². The van der Waals surface area contributed by atoms with E-state index in [1.165, 1.54) is 23.1 Å². The first-order valence-corrected chi connectivity index (χ1v) is 11.4. The van der Waals surface area contributed by atoms with E-state index in [0.717, 1.165) is 25.7 Å². The Hall–Kier alpha value is -2.73. The first-order valence-electron chi connectivity index (χ1n) is 8.84.